The molecule has 6 nitrogen and oxygen atoms in total. The van der Waals surface area contributed by atoms with Gasteiger partial charge in [-0.15, -0.1) is 5.10 Å². The van der Waals surface area contributed by atoms with Crippen LogP contribution in [0.1, 0.15) is 18.2 Å². The number of nitrogens with zero attached hydrogens (tertiary/aromatic N) is 4. The maximum Gasteiger partial charge on any atom is 0.243 e. The van der Waals surface area contributed by atoms with Gasteiger partial charge in [0.15, 0.2) is 5.82 Å². The number of hydrogen-bond donors (Lipinski definition) is 2. The first kappa shape index (κ1) is 17.5. The molecule has 0 aliphatic carbocycles. The highest BCUT2D eigenvalue weighted by atomic mass is 79.9. The number of nitrogens with two attached hydrogens (primary N) is 1. The Morgan fingerprint density at radius 3 is 3.00 bits per heavy atom. The van der Waals surface area contributed by atoms with E-state index in [0.717, 1.165) is 16.8 Å². The molecule has 2 atom stereocenters. The maximum absolute atomic E-state index is 13.5. The topological polar surface area (TPSA) is 81.1 Å². The number of nitrogens with one attached hydrogen (secondary N) is 1. The molecule has 0 saturated carbocycles. The van der Waals surface area contributed by atoms with E-state index in [2.05, 4.69) is 35.7 Å². The second-order valence-corrected chi connectivity index (χ2v) is 7.19. The molecule has 0 aliphatic heterocycles. The van der Waals surface area contributed by atoms with Gasteiger partial charge in [-0.3, -0.25) is 0 Å². The van der Waals surface area contributed by atoms with E-state index in [9.17, 15) is 4.39 Å². The van der Waals surface area contributed by atoms with Crippen molar-refractivity contribution in [2.75, 3.05) is 5.32 Å². The van der Waals surface area contributed by atoms with Gasteiger partial charge in [0.2, 0.25) is 5.28 Å². The first-order valence-corrected chi connectivity index (χ1v) is 9.23. The molecule has 0 amide bonds. The van der Waals surface area contributed by atoms with Crippen molar-refractivity contribution in [2.24, 2.45) is 5.73 Å². The van der Waals surface area contributed by atoms with Gasteiger partial charge in [0, 0.05) is 11.4 Å². The van der Waals surface area contributed by atoms with Gasteiger partial charge in [0.25, 0.3) is 0 Å². The molecule has 0 radical (unpaired) electrons. The third-order valence-electron chi connectivity index (χ3n) is 3.60. The van der Waals surface area contributed by atoms with Crippen molar-refractivity contribution < 1.29 is 4.39 Å². The normalized spacial score (nSPS) is 14.0. The van der Waals surface area contributed by atoms with Crippen LogP contribution in [0.2, 0.25) is 5.28 Å². The van der Waals surface area contributed by atoms with Gasteiger partial charge in [-0.25, -0.2) is 8.91 Å². The zero-order valence-electron chi connectivity index (χ0n) is 12.7. The molecule has 3 heterocycles. The number of alkyl halides is 1. The van der Waals surface area contributed by atoms with Gasteiger partial charge < -0.3 is 11.1 Å². The molecular weight excluding hydrogens is 419 g/mol. The van der Waals surface area contributed by atoms with Crippen LogP contribution in [0, 0.1) is 0 Å². The largest absolute Gasteiger partial charge is 0.362 e. The van der Waals surface area contributed by atoms with Gasteiger partial charge in [0.05, 0.1) is 12.2 Å². The van der Waals surface area contributed by atoms with E-state index in [4.69, 9.17) is 17.3 Å². The number of halogens is 3. The number of hydrogen-bond acceptors (Lipinski definition) is 6. The summed E-state index contributed by atoms with van der Waals surface area (Å²) in [7, 11) is 0. The van der Waals surface area contributed by atoms with Crippen molar-refractivity contribution in [3.63, 3.8) is 0 Å². The summed E-state index contributed by atoms with van der Waals surface area (Å²) in [6.07, 6.45) is -0.748. The maximum atomic E-state index is 13.5. The summed E-state index contributed by atoms with van der Waals surface area (Å²) in [5.41, 5.74) is 8.35. The predicted octanol–water partition coefficient (Wildman–Crippen LogP) is 3.44. The van der Waals surface area contributed by atoms with E-state index in [0.29, 0.717) is 23.4 Å². The molecule has 2 unspecified atom stereocenters. The van der Waals surface area contributed by atoms with Gasteiger partial charge in [0.1, 0.15) is 16.3 Å². The Morgan fingerprint density at radius 2 is 2.33 bits per heavy atom. The van der Waals surface area contributed by atoms with Crippen molar-refractivity contribution in [2.45, 2.75) is 32.1 Å². The Labute approximate surface area is 155 Å². The summed E-state index contributed by atoms with van der Waals surface area (Å²) < 4.78 is 20.0. The van der Waals surface area contributed by atoms with Crippen LogP contribution >= 0.6 is 39.1 Å². The van der Waals surface area contributed by atoms with Crippen LogP contribution in [0.5, 0.6) is 0 Å². The Balaban J connectivity index is 1.99. The van der Waals surface area contributed by atoms with E-state index in [1.165, 1.54) is 18.5 Å². The van der Waals surface area contributed by atoms with E-state index in [1.807, 2.05) is 17.5 Å². The lowest BCUT2D eigenvalue weighted by Crippen LogP contribution is -2.31. The monoisotopic (exact) mass is 432 g/mol. The Hall–Kier alpha value is -1.29. The second-order valence-electron chi connectivity index (χ2n) is 5.37. The van der Waals surface area contributed by atoms with Gasteiger partial charge in [-0.1, -0.05) is 0 Å². The Morgan fingerprint density at radius 1 is 1.54 bits per heavy atom. The van der Waals surface area contributed by atoms with E-state index >= 15 is 0 Å². The SMILES string of the molecule is CC(F)C(N)Cc1cc(Br)n2nc(Cl)nc(NCc3ccsn3)c12. The average Bonchev–Trinajstić information content (AvgIpc) is 3.14. The van der Waals surface area contributed by atoms with Gasteiger partial charge in [-0.2, -0.15) is 9.36 Å². The van der Waals surface area contributed by atoms with E-state index < -0.39 is 12.2 Å². The van der Waals surface area contributed by atoms with Crippen LogP contribution in [-0.2, 0) is 13.0 Å². The molecule has 24 heavy (non-hydrogen) atoms. The molecule has 0 spiro atoms. The number of fused-ring (bicyclic) bond motifs is 1. The molecule has 0 aromatic carbocycles. The molecule has 3 rings (SSSR count). The van der Waals surface area contributed by atoms with Gasteiger partial charge >= 0.3 is 0 Å². The minimum Gasteiger partial charge on any atom is -0.362 e. The second kappa shape index (κ2) is 7.30. The molecule has 0 saturated heterocycles. The fourth-order valence-corrected chi connectivity index (χ4v) is 3.55. The minimum atomic E-state index is -1.11. The molecule has 3 aromatic rings. The molecule has 0 aliphatic rings. The summed E-state index contributed by atoms with van der Waals surface area (Å²) in [4.78, 5) is 4.27. The highest BCUT2D eigenvalue weighted by Crippen LogP contribution is 2.28. The molecular formula is C14H15BrClFN6S. The third-order valence-corrected chi connectivity index (χ3v) is 4.92. The van der Waals surface area contributed by atoms with Crippen molar-refractivity contribution in [1.29, 1.82) is 0 Å². The predicted molar refractivity (Wildman–Crippen MR) is 97.4 cm³/mol. The van der Waals surface area contributed by atoms with E-state index in [-0.39, 0.29) is 5.28 Å². The fraction of sp³-hybridized carbons (Fsp3) is 0.357. The van der Waals surface area contributed by atoms with Crippen LogP contribution in [0.4, 0.5) is 10.2 Å². The first-order chi connectivity index (χ1) is 11.5. The quantitative estimate of drug-likeness (QED) is 0.622. The van der Waals surface area contributed by atoms with Crippen LogP contribution in [0.3, 0.4) is 0 Å². The molecule has 3 N–H and O–H groups in total. The van der Waals surface area contributed by atoms with Crippen LogP contribution in [0.15, 0.2) is 22.1 Å². The smallest absolute Gasteiger partial charge is 0.243 e. The van der Waals surface area contributed by atoms with Crippen LogP contribution < -0.4 is 11.1 Å². The lowest BCUT2D eigenvalue weighted by molar-refractivity contribution is 0.304. The highest BCUT2D eigenvalue weighted by Gasteiger charge is 2.20. The first-order valence-electron chi connectivity index (χ1n) is 7.22. The lowest BCUT2D eigenvalue weighted by atomic mass is 10.0. The molecule has 0 bridgehead atoms. The van der Waals surface area contributed by atoms with Crippen molar-refractivity contribution in [1.82, 2.24) is 19.0 Å². The Kier molecular flexibility index (Phi) is 5.33. The summed E-state index contributed by atoms with van der Waals surface area (Å²) in [6.45, 7) is 1.95. The van der Waals surface area contributed by atoms with Gasteiger partial charge in [-0.05, 0) is 70.1 Å². The third kappa shape index (κ3) is 3.69. The molecule has 3 aromatic heterocycles. The minimum absolute atomic E-state index is 0.106. The Bertz CT molecular complexity index is 838. The number of aromatic nitrogens is 4. The van der Waals surface area contributed by atoms with Crippen molar-refractivity contribution in [3.05, 3.63) is 38.7 Å². The van der Waals surface area contributed by atoms with Crippen molar-refractivity contribution in [3.8, 4) is 0 Å². The van der Waals surface area contributed by atoms with Crippen molar-refractivity contribution >= 4 is 50.4 Å². The number of anilines is 1. The number of rotatable bonds is 6. The fourth-order valence-electron chi connectivity index (χ4n) is 2.31. The highest BCUT2D eigenvalue weighted by molar-refractivity contribution is 9.10. The zero-order valence-corrected chi connectivity index (χ0v) is 15.9. The van der Waals surface area contributed by atoms with Crippen LogP contribution in [-0.4, -0.2) is 31.2 Å². The molecule has 0 fully saturated rings. The summed E-state index contributed by atoms with van der Waals surface area (Å²) in [5, 5.41) is 9.42. The zero-order chi connectivity index (χ0) is 17.3. The average molecular weight is 434 g/mol. The lowest BCUT2D eigenvalue weighted by Gasteiger charge is -2.13. The standard InChI is InChI=1S/C14H15BrClFN6S/c1-7(17)10(18)4-8-5-11(15)23-12(8)13(20-14(16)21-23)19-6-9-2-3-24-22-9/h2-3,5,7,10H,4,6,18H2,1H3,(H,19,20,21). The summed E-state index contributed by atoms with van der Waals surface area (Å²) in [5.74, 6) is 0.558. The summed E-state index contributed by atoms with van der Waals surface area (Å²) in [6, 6.07) is 3.18. The van der Waals surface area contributed by atoms with E-state index in [1.54, 1.807) is 4.52 Å². The molecule has 10 heteroatoms. The van der Waals surface area contributed by atoms with Crippen LogP contribution in [0.25, 0.3) is 5.52 Å². The molecule has 128 valence electrons. The summed E-state index contributed by atoms with van der Waals surface area (Å²) >= 11 is 10.8.